The molecule has 1 fully saturated rings. The van der Waals surface area contributed by atoms with Gasteiger partial charge in [0.25, 0.3) is 0 Å². The van der Waals surface area contributed by atoms with E-state index in [1.807, 2.05) is 11.8 Å². The third-order valence-corrected chi connectivity index (χ3v) is 4.62. The van der Waals surface area contributed by atoms with Gasteiger partial charge in [-0.25, -0.2) is 4.98 Å². The summed E-state index contributed by atoms with van der Waals surface area (Å²) in [6.07, 6.45) is 3.32. The van der Waals surface area contributed by atoms with Crippen molar-refractivity contribution < 1.29 is 5.11 Å². The zero-order valence-corrected chi connectivity index (χ0v) is 9.74. The van der Waals surface area contributed by atoms with Gasteiger partial charge in [-0.15, -0.1) is 11.3 Å². The maximum atomic E-state index is 8.80. The molecule has 2 rings (SSSR count). The molecule has 0 saturated carbocycles. The van der Waals surface area contributed by atoms with E-state index in [0.29, 0.717) is 12.3 Å². The first-order valence-corrected chi connectivity index (χ1v) is 7.06. The Labute approximate surface area is 92.8 Å². The Balaban J connectivity index is 2.00. The van der Waals surface area contributed by atoms with Gasteiger partial charge in [0.1, 0.15) is 0 Å². The van der Waals surface area contributed by atoms with Gasteiger partial charge in [0, 0.05) is 30.1 Å². The average Bonchev–Trinajstić information content (AvgIpc) is 2.68. The number of thiazole rings is 1. The molecule has 0 aliphatic carbocycles. The predicted octanol–water partition coefficient (Wildman–Crippen LogP) is 2.29. The molecule has 0 spiro atoms. The molecule has 1 aromatic heterocycles. The van der Waals surface area contributed by atoms with Crippen LogP contribution in [0.1, 0.15) is 29.5 Å². The molecular weight excluding hydrogens is 214 g/mol. The van der Waals surface area contributed by atoms with Gasteiger partial charge in [-0.2, -0.15) is 11.8 Å². The predicted molar refractivity (Wildman–Crippen MR) is 62.2 cm³/mol. The molecule has 1 aliphatic heterocycles. The van der Waals surface area contributed by atoms with Gasteiger partial charge in [0.2, 0.25) is 0 Å². The van der Waals surface area contributed by atoms with Crippen LogP contribution < -0.4 is 0 Å². The molecule has 1 aliphatic rings. The van der Waals surface area contributed by atoms with Crippen molar-refractivity contribution in [1.82, 2.24) is 4.98 Å². The third kappa shape index (κ3) is 2.49. The molecule has 0 aromatic carbocycles. The number of thioether (sulfide) groups is 1. The summed E-state index contributed by atoms with van der Waals surface area (Å²) >= 11 is 3.72. The van der Waals surface area contributed by atoms with Crippen LogP contribution >= 0.6 is 23.1 Å². The number of rotatable bonds is 3. The zero-order valence-electron chi connectivity index (χ0n) is 8.11. The Kier molecular flexibility index (Phi) is 3.84. The number of hydrogen-bond acceptors (Lipinski definition) is 4. The molecular formula is C10H15NOS2. The summed E-state index contributed by atoms with van der Waals surface area (Å²) in [7, 11) is 0. The lowest BCUT2D eigenvalue weighted by atomic mass is 10.0. The van der Waals surface area contributed by atoms with Crippen LogP contribution in [0.25, 0.3) is 0 Å². The summed E-state index contributed by atoms with van der Waals surface area (Å²) in [6.45, 7) is 0.215. The van der Waals surface area contributed by atoms with Crippen molar-refractivity contribution in [3.63, 3.8) is 0 Å². The minimum absolute atomic E-state index is 0.215. The van der Waals surface area contributed by atoms with Crippen molar-refractivity contribution in [3.8, 4) is 0 Å². The van der Waals surface area contributed by atoms with Crippen molar-refractivity contribution in [2.45, 2.75) is 25.2 Å². The fraction of sp³-hybridized carbons (Fsp3) is 0.700. The van der Waals surface area contributed by atoms with Crippen LogP contribution in [0.5, 0.6) is 0 Å². The first-order valence-electron chi connectivity index (χ1n) is 5.03. The number of aromatic nitrogens is 1. The van der Waals surface area contributed by atoms with Gasteiger partial charge in [0.05, 0.1) is 10.7 Å². The largest absolute Gasteiger partial charge is 0.396 e. The van der Waals surface area contributed by atoms with E-state index in [-0.39, 0.29) is 6.61 Å². The number of nitrogens with zero attached hydrogens (tertiary/aromatic N) is 1. The van der Waals surface area contributed by atoms with Crippen molar-refractivity contribution >= 4 is 23.1 Å². The Morgan fingerprint density at radius 2 is 2.50 bits per heavy atom. The van der Waals surface area contributed by atoms with Crippen LogP contribution in [-0.2, 0) is 6.42 Å². The molecule has 1 aromatic rings. The molecule has 78 valence electrons. The maximum Gasteiger partial charge on any atom is 0.0951 e. The maximum absolute atomic E-state index is 8.80. The molecule has 1 saturated heterocycles. The van der Waals surface area contributed by atoms with Crippen molar-refractivity contribution in [3.05, 3.63) is 16.1 Å². The van der Waals surface area contributed by atoms with Crippen LogP contribution in [0.3, 0.4) is 0 Å². The number of aliphatic hydroxyl groups excluding tert-OH is 1. The molecule has 2 heterocycles. The highest BCUT2D eigenvalue weighted by Crippen LogP contribution is 2.31. The summed E-state index contributed by atoms with van der Waals surface area (Å²) in [5, 5.41) is 12.1. The normalized spacial score (nSPS) is 22.5. The van der Waals surface area contributed by atoms with Gasteiger partial charge in [0.15, 0.2) is 0 Å². The van der Waals surface area contributed by atoms with E-state index in [1.54, 1.807) is 11.3 Å². The standard InChI is InChI=1S/C10H15NOS2/c12-4-3-10-11-9(7-14-10)8-2-1-5-13-6-8/h7-8,12H,1-6H2. The fourth-order valence-electron chi connectivity index (χ4n) is 1.70. The van der Waals surface area contributed by atoms with Gasteiger partial charge < -0.3 is 5.11 Å². The average molecular weight is 229 g/mol. The molecule has 0 bridgehead atoms. The van der Waals surface area contributed by atoms with Gasteiger partial charge in [-0.3, -0.25) is 0 Å². The highest BCUT2D eigenvalue weighted by atomic mass is 32.2. The summed E-state index contributed by atoms with van der Waals surface area (Å²) < 4.78 is 0. The van der Waals surface area contributed by atoms with Crippen LogP contribution in [0.4, 0.5) is 0 Å². The molecule has 4 heteroatoms. The molecule has 14 heavy (non-hydrogen) atoms. The molecule has 2 nitrogen and oxygen atoms in total. The lowest BCUT2D eigenvalue weighted by molar-refractivity contribution is 0.299. The van der Waals surface area contributed by atoms with E-state index in [4.69, 9.17) is 5.11 Å². The minimum atomic E-state index is 0.215. The van der Waals surface area contributed by atoms with Crippen LogP contribution in [0.15, 0.2) is 5.38 Å². The minimum Gasteiger partial charge on any atom is -0.396 e. The molecule has 0 amide bonds. The third-order valence-electron chi connectivity index (χ3n) is 2.47. The quantitative estimate of drug-likeness (QED) is 0.863. The Hall–Kier alpha value is -0.0600. The smallest absolute Gasteiger partial charge is 0.0951 e. The molecule has 1 N–H and O–H groups in total. The monoisotopic (exact) mass is 229 g/mol. The molecule has 0 radical (unpaired) electrons. The van der Waals surface area contributed by atoms with Crippen LogP contribution in [0, 0.1) is 0 Å². The van der Waals surface area contributed by atoms with E-state index in [9.17, 15) is 0 Å². The van der Waals surface area contributed by atoms with Gasteiger partial charge in [-0.05, 0) is 18.6 Å². The van der Waals surface area contributed by atoms with E-state index in [1.165, 1.54) is 30.0 Å². The lowest BCUT2D eigenvalue weighted by Crippen LogP contribution is -2.09. The zero-order chi connectivity index (χ0) is 9.80. The second-order valence-electron chi connectivity index (χ2n) is 3.55. The highest BCUT2D eigenvalue weighted by Gasteiger charge is 2.18. The molecule has 1 atom stereocenters. The van der Waals surface area contributed by atoms with E-state index >= 15 is 0 Å². The van der Waals surface area contributed by atoms with Crippen LogP contribution in [0.2, 0.25) is 0 Å². The molecule has 1 unspecified atom stereocenters. The van der Waals surface area contributed by atoms with Gasteiger partial charge >= 0.3 is 0 Å². The summed E-state index contributed by atoms with van der Waals surface area (Å²) in [5.41, 5.74) is 1.26. The lowest BCUT2D eigenvalue weighted by Gasteiger charge is -2.19. The summed E-state index contributed by atoms with van der Waals surface area (Å²) in [4.78, 5) is 4.57. The first-order chi connectivity index (χ1) is 6.90. The van der Waals surface area contributed by atoms with Crippen molar-refractivity contribution in [1.29, 1.82) is 0 Å². The second-order valence-corrected chi connectivity index (χ2v) is 5.65. The highest BCUT2D eigenvalue weighted by molar-refractivity contribution is 7.99. The first kappa shape index (κ1) is 10.5. The number of hydrogen-bond donors (Lipinski definition) is 1. The topological polar surface area (TPSA) is 33.1 Å². The Morgan fingerprint density at radius 3 is 3.21 bits per heavy atom. The van der Waals surface area contributed by atoms with E-state index < -0.39 is 0 Å². The van der Waals surface area contributed by atoms with Crippen LogP contribution in [-0.4, -0.2) is 28.2 Å². The Morgan fingerprint density at radius 1 is 1.57 bits per heavy atom. The van der Waals surface area contributed by atoms with Crippen molar-refractivity contribution in [2.75, 3.05) is 18.1 Å². The summed E-state index contributed by atoms with van der Waals surface area (Å²) in [6, 6.07) is 0. The van der Waals surface area contributed by atoms with Gasteiger partial charge in [-0.1, -0.05) is 0 Å². The summed E-state index contributed by atoms with van der Waals surface area (Å²) in [5.74, 6) is 3.20. The SMILES string of the molecule is OCCc1nc(C2CCCSC2)cs1. The van der Waals surface area contributed by atoms with Crippen molar-refractivity contribution in [2.24, 2.45) is 0 Å². The Bertz CT molecular complexity index is 281. The van der Waals surface area contributed by atoms with E-state index in [0.717, 1.165) is 5.01 Å². The second kappa shape index (κ2) is 5.14. The number of aliphatic hydroxyl groups is 1. The fourth-order valence-corrected chi connectivity index (χ4v) is 3.73. The van der Waals surface area contributed by atoms with E-state index in [2.05, 4.69) is 10.4 Å².